The summed E-state index contributed by atoms with van der Waals surface area (Å²) in [5.74, 6) is -2.27. The van der Waals surface area contributed by atoms with Crippen LogP contribution >= 0.6 is 0 Å². The van der Waals surface area contributed by atoms with Crippen LogP contribution in [-0.4, -0.2) is 40.1 Å². The van der Waals surface area contributed by atoms with Gasteiger partial charge in [-0.05, 0) is 0 Å². The predicted octanol–water partition coefficient (Wildman–Crippen LogP) is -0.361. The first-order valence-electron chi connectivity index (χ1n) is 3.89. The number of aliphatic hydroxyl groups is 1. The molecule has 74 valence electrons. The molecule has 0 fully saturated rings. The number of carboxylic acids is 1. The van der Waals surface area contributed by atoms with E-state index in [4.69, 9.17) is 15.5 Å². The molecule has 6 heteroatoms. The normalized spacial score (nSPS) is 15.9. The molecule has 0 spiro atoms. The van der Waals surface area contributed by atoms with Crippen LogP contribution in [0.3, 0.4) is 0 Å². The summed E-state index contributed by atoms with van der Waals surface area (Å²) < 4.78 is 0. The molecule has 0 aromatic rings. The van der Waals surface area contributed by atoms with Crippen molar-refractivity contribution in [1.82, 2.24) is 4.90 Å². The fourth-order valence-electron chi connectivity index (χ4n) is 1.12. The van der Waals surface area contributed by atoms with E-state index in [1.54, 1.807) is 6.07 Å². The Labute approximate surface area is 79.7 Å². The first-order valence-corrected chi connectivity index (χ1v) is 3.89. The molecule has 1 aliphatic heterocycles. The molecule has 0 aliphatic carbocycles. The SMILES string of the molecule is N#CC1=C(O)C(=O)N(CCC(=O)O)C1. The second-order valence-electron chi connectivity index (χ2n) is 2.81. The van der Waals surface area contributed by atoms with Crippen LogP contribution in [0.25, 0.3) is 0 Å². The number of aliphatic carboxylic acids is 1. The average molecular weight is 196 g/mol. The summed E-state index contributed by atoms with van der Waals surface area (Å²) in [7, 11) is 0. The van der Waals surface area contributed by atoms with E-state index in [1.807, 2.05) is 0 Å². The molecule has 0 aromatic heterocycles. The molecule has 0 saturated heterocycles. The van der Waals surface area contributed by atoms with Crippen LogP contribution in [0.15, 0.2) is 11.3 Å². The Kier molecular flexibility index (Phi) is 2.72. The van der Waals surface area contributed by atoms with Gasteiger partial charge in [0.2, 0.25) is 0 Å². The van der Waals surface area contributed by atoms with E-state index in [2.05, 4.69) is 0 Å². The van der Waals surface area contributed by atoms with Crippen LogP contribution in [0.4, 0.5) is 0 Å². The molecule has 1 amide bonds. The van der Waals surface area contributed by atoms with Gasteiger partial charge in [0.1, 0.15) is 6.07 Å². The summed E-state index contributed by atoms with van der Waals surface area (Å²) >= 11 is 0. The Morgan fingerprint density at radius 3 is 2.71 bits per heavy atom. The predicted molar refractivity (Wildman–Crippen MR) is 44.1 cm³/mol. The van der Waals surface area contributed by atoms with E-state index in [-0.39, 0.29) is 25.1 Å². The maximum absolute atomic E-state index is 11.2. The van der Waals surface area contributed by atoms with Crippen LogP contribution in [0, 0.1) is 11.3 Å². The lowest BCUT2D eigenvalue weighted by Gasteiger charge is -2.13. The highest BCUT2D eigenvalue weighted by molar-refractivity contribution is 5.95. The van der Waals surface area contributed by atoms with E-state index < -0.39 is 17.6 Å². The molecule has 0 unspecified atom stereocenters. The fourth-order valence-corrected chi connectivity index (χ4v) is 1.12. The molecule has 14 heavy (non-hydrogen) atoms. The Hall–Kier alpha value is -2.03. The van der Waals surface area contributed by atoms with Crippen molar-refractivity contribution in [2.24, 2.45) is 0 Å². The highest BCUT2D eigenvalue weighted by Crippen LogP contribution is 2.15. The second kappa shape index (κ2) is 3.79. The number of carbonyl (C=O) groups is 2. The number of aliphatic hydroxyl groups excluding tert-OH is 1. The summed E-state index contributed by atoms with van der Waals surface area (Å²) in [5, 5.41) is 26.0. The molecule has 1 rings (SSSR count). The van der Waals surface area contributed by atoms with Gasteiger partial charge in [0.05, 0.1) is 18.5 Å². The van der Waals surface area contributed by atoms with Crippen LogP contribution in [0.2, 0.25) is 0 Å². The van der Waals surface area contributed by atoms with Gasteiger partial charge in [0, 0.05) is 6.54 Å². The first kappa shape index (κ1) is 10.1. The van der Waals surface area contributed by atoms with Crippen LogP contribution in [-0.2, 0) is 9.59 Å². The van der Waals surface area contributed by atoms with E-state index >= 15 is 0 Å². The van der Waals surface area contributed by atoms with Crippen molar-refractivity contribution in [1.29, 1.82) is 5.26 Å². The topological polar surface area (TPSA) is 102 Å². The maximum atomic E-state index is 11.2. The zero-order chi connectivity index (χ0) is 10.7. The number of carboxylic acid groups (broad SMARTS) is 1. The third-order valence-electron chi connectivity index (χ3n) is 1.86. The number of rotatable bonds is 3. The highest BCUT2D eigenvalue weighted by Gasteiger charge is 2.30. The lowest BCUT2D eigenvalue weighted by atomic mass is 10.3. The molecule has 0 aromatic carbocycles. The molecule has 0 atom stereocenters. The second-order valence-corrected chi connectivity index (χ2v) is 2.81. The number of hydrogen-bond acceptors (Lipinski definition) is 4. The lowest BCUT2D eigenvalue weighted by molar-refractivity contribution is -0.138. The largest absolute Gasteiger partial charge is 0.502 e. The summed E-state index contributed by atoms with van der Waals surface area (Å²) in [6.45, 7) is -0.00213. The first-order chi connectivity index (χ1) is 6.56. The smallest absolute Gasteiger partial charge is 0.305 e. The zero-order valence-corrected chi connectivity index (χ0v) is 7.23. The molecular formula is C8H8N2O4. The van der Waals surface area contributed by atoms with Crippen molar-refractivity contribution in [2.75, 3.05) is 13.1 Å². The van der Waals surface area contributed by atoms with Crippen LogP contribution in [0.5, 0.6) is 0 Å². The van der Waals surface area contributed by atoms with Crippen LogP contribution in [0.1, 0.15) is 6.42 Å². The molecule has 1 aliphatic rings. The van der Waals surface area contributed by atoms with Gasteiger partial charge in [-0.15, -0.1) is 0 Å². The summed E-state index contributed by atoms with van der Waals surface area (Å²) in [5.41, 5.74) is -0.0135. The summed E-state index contributed by atoms with van der Waals surface area (Å²) in [6.07, 6.45) is -0.197. The van der Waals surface area contributed by atoms with Gasteiger partial charge in [-0.1, -0.05) is 0 Å². The van der Waals surface area contributed by atoms with Crippen LogP contribution < -0.4 is 0 Å². The van der Waals surface area contributed by atoms with Gasteiger partial charge >= 0.3 is 5.97 Å². The van der Waals surface area contributed by atoms with Crippen molar-refractivity contribution >= 4 is 11.9 Å². The molecule has 0 radical (unpaired) electrons. The van der Waals surface area contributed by atoms with Crippen molar-refractivity contribution < 1.29 is 19.8 Å². The summed E-state index contributed by atoms with van der Waals surface area (Å²) in [4.78, 5) is 22.5. The van der Waals surface area contributed by atoms with Gasteiger partial charge in [0.25, 0.3) is 5.91 Å². The van der Waals surface area contributed by atoms with E-state index in [0.717, 1.165) is 4.90 Å². The van der Waals surface area contributed by atoms with Gasteiger partial charge in [0.15, 0.2) is 5.76 Å². The molecule has 6 nitrogen and oxygen atoms in total. The Bertz CT molecular complexity index is 353. The van der Waals surface area contributed by atoms with E-state index in [0.29, 0.717) is 0 Å². The molecule has 0 bridgehead atoms. The summed E-state index contributed by atoms with van der Waals surface area (Å²) in [6, 6.07) is 1.68. The number of nitrogens with zero attached hydrogens (tertiary/aromatic N) is 2. The van der Waals surface area contributed by atoms with E-state index in [1.165, 1.54) is 0 Å². The average Bonchev–Trinajstić information content (AvgIpc) is 2.41. The number of carbonyl (C=O) groups excluding carboxylic acids is 1. The van der Waals surface area contributed by atoms with Crippen molar-refractivity contribution in [3.05, 3.63) is 11.3 Å². The zero-order valence-electron chi connectivity index (χ0n) is 7.23. The molecule has 0 saturated carbocycles. The van der Waals surface area contributed by atoms with Crippen molar-refractivity contribution in [3.8, 4) is 6.07 Å². The Balaban J connectivity index is 2.61. The maximum Gasteiger partial charge on any atom is 0.305 e. The fraction of sp³-hybridized carbons (Fsp3) is 0.375. The van der Waals surface area contributed by atoms with E-state index in [9.17, 15) is 9.59 Å². The molecule has 2 N–H and O–H groups in total. The highest BCUT2D eigenvalue weighted by atomic mass is 16.4. The molecular weight excluding hydrogens is 188 g/mol. The standard InChI is InChI=1S/C8H8N2O4/c9-3-5-4-10(2-1-6(11)12)8(14)7(5)13/h13H,1-2,4H2,(H,11,12). The minimum Gasteiger partial charge on any atom is -0.502 e. The minimum absolute atomic E-state index is 0.00338. The third-order valence-corrected chi connectivity index (χ3v) is 1.86. The van der Waals surface area contributed by atoms with Crippen molar-refractivity contribution in [2.45, 2.75) is 6.42 Å². The molecule has 1 heterocycles. The quantitative estimate of drug-likeness (QED) is 0.641. The van der Waals surface area contributed by atoms with Gasteiger partial charge in [-0.2, -0.15) is 5.26 Å². The lowest BCUT2D eigenvalue weighted by Crippen LogP contribution is -2.29. The third kappa shape index (κ3) is 1.82. The Morgan fingerprint density at radius 2 is 2.29 bits per heavy atom. The number of amides is 1. The van der Waals surface area contributed by atoms with Gasteiger partial charge in [-0.25, -0.2) is 0 Å². The van der Waals surface area contributed by atoms with Gasteiger partial charge in [-0.3, -0.25) is 9.59 Å². The Morgan fingerprint density at radius 1 is 1.64 bits per heavy atom. The minimum atomic E-state index is -1.03. The van der Waals surface area contributed by atoms with Gasteiger partial charge < -0.3 is 15.1 Å². The number of nitriles is 1. The van der Waals surface area contributed by atoms with Crippen molar-refractivity contribution in [3.63, 3.8) is 0 Å². The monoisotopic (exact) mass is 196 g/mol. The number of hydrogen-bond donors (Lipinski definition) is 2.